The van der Waals surface area contributed by atoms with Gasteiger partial charge >= 0.3 is 0 Å². The molecule has 2 rings (SSSR count). The Morgan fingerprint density at radius 3 is 2.86 bits per heavy atom. The van der Waals surface area contributed by atoms with Crippen LogP contribution in [0.4, 0.5) is 0 Å². The molecule has 1 unspecified atom stereocenters. The second kappa shape index (κ2) is 7.48. The molecule has 1 aromatic rings. The minimum atomic E-state index is -0.363. The second-order valence-corrected chi connectivity index (χ2v) is 6.45. The number of amides is 1. The highest BCUT2D eigenvalue weighted by molar-refractivity contribution is 6.35. The van der Waals surface area contributed by atoms with Crippen molar-refractivity contribution in [3.8, 4) is 0 Å². The zero-order valence-corrected chi connectivity index (χ0v) is 13.9. The Hall–Kier alpha value is -0.770. The first-order valence-electron chi connectivity index (χ1n) is 7.54. The van der Waals surface area contributed by atoms with Crippen molar-refractivity contribution in [3.05, 3.63) is 33.8 Å². The quantitative estimate of drug-likeness (QED) is 0.838. The summed E-state index contributed by atoms with van der Waals surface area (Å²) in [6.45, 7) is 3.63. The first-order chi connectivity index (χ1) is 10.1. The molecule has 0 aliphatic carbocycles. The topological polar surface area (TPSA) is 41.1 Å². The van der Waals surface area contributed by atoms with Gasteiger partial charge in [-0.15, -0.1) is 0 Å². The number of hydrogen-bond donors (Lipinski definition) is 2. The lowest BCUT2D eigenvalue weighted by Crippen LogP contribution is -2.53. The molecule has 0 aromatic heterocycles. The summed E-state index contributed by atoms with van der Waals surface area (Å²) in [6, 6.07) is 5.46. The van der Waals surface area contributed by atoms with E-state index in [1.165, 1.54) is 0 Å². The molecule has 1 aliphatic rings. The molecule has 0 bridgehead atoms. The maximum absolute atomic E-state index is 12.5. The summed E-state index contributed by atoms with van der Waals surface area (Å²) in [4.78, 5) is 12.5. The third kappa shape index (κ3) is 4.12. The largest absolute Gasteiger partial charge is 0.354 e. The molecule has 0 spiro atoms. The lowest BCUT2D eigenvalue weighted by atomic mass is 9.91. The third-order valence-electron chi connectivity index (χ3n) is 4.05. The monoisotopic (exact) mass is 328 g/mol. The Balaban J connectivity index is 1.88. The number of nitrogens with one attached hydrogen (secondary N) is 2. The van der Waals surface area contributed by atoms with Crippen LogP contribution in [-0.2, 0) is 11.2 Å². The van der Waals surface area contributed by atoms with Gasteiger partial charge in [-0.25, -0.2) is 0 Å². The average Bonchev–Trinajstić information content (AvgIpc) is 2.91. The Bertz CT molecular complexity index is 499. The minimum absolute atomic E-state index is 0.118. The molecule has 1 aromatic carbocycles. The maximum atomic E-state index is 12.5. The summed E-state index contributed by atoms with van der Waals surface area (Å²) < 4.78 is 0. The number of benzene rings is 1. The fourth-order valence-corrected chi connectivity index (χ4v) is 3.46. The SMILES string of the molecule is CCCC1(C(=O)NCCc2ccc(Cl)cc2Cl)CCCN1. The van der Waals surface area contributed by atoms with E-state index >= 15 is 0 Å². The van der Waals surface area contributed by atoms with E-state index in [4.69, 9.17) is 23.2 Å². The minimum Gasteiger partial charge on any atom is -0.354 e. The van der Waals surface area contributed by atoms with Crippen molar-refractivity contribution in [2.75, 3.05) is 13.1 Å². The van der Waals surface area contributed by atoms with Gasteiger partial charge in [0, 0.05) is 16.6 Å². The predicted molar refractivity (Wildman–Crippen MR) is 88.1 cm³/mol. The van der Waals surface area contributed by atoms with E-state index in [1.54, 1.807) is 6.07 Å². The Kier molecular flexibility index (Phi) is 5.91. The van der Waals surface area contributed by atoms with E-state index in [-0.39, 0.29) is 11.4 Å². The van der Waals surface area contributed by atoms with Gasteiger partial charge in [-0.1, -0.05) is 42.6 Å². The van der Waals surface area contributed by atoms with Crippen molar-refractivity contribution in [2.45, 2.75) is 44.6 Å². The van der Waals surface area contributed by atoms with Gasteiger partial charge in [0.05, 0.1) is 5.54 Å². The van der Waals surface area contributed by atoms with E-state index in [9.17, 15) is 4.79 Å². The highest BCUT2D eigenvalue weighted by Gasteiger charge is 2.39. The molecule has 1 amide bonds. The van der Waals surface area contributed by atoms with Gasteiger partial charge in [-0.3, -0.25) is 4.79 Å². The molecule has 1 aliphatic heterocycles. The fourth-order valence-electron chi connectivity index (χ4n) is 2.96. The fraction of sp³-hybridized carbons (Fsp3) is 0.562. The first kappa shape index (κ1) is 16.6. The maximum Gasteiger partial charge on any atom is 0.240 e. The van der Waals surface area contributed by atoms with Crippen LogP contribution in [-0.4, -0.2) is 24.5 Å². The van der Waals surface area contributed by atoms with Crippen molar-refractivity contribution in [1.82, 2.24) is 10.6 Å². The molecule has 21 heavy (non-hydrogen) atoms. The van der Waals surface area contributed by atoms with Gasteiger partial charge in [0.15, 0.2) is 0 Å². The molecule has 116 valence electrons. The van der Waals surface area contributed by atoms with Crippen LogP contribution >= 0.6 is 23.2 Å². The van der Waals surface area contributed by atoms with Crippen LogP contribution in [0.5, 0.6) is 0 Å². The van der Waals surface area contributed by atoms with Crippen LogP contribution in [0.1, 0.15) is 38.2 Å². The number of carbonyl (C=O) groups is 1. The van der Waals surface area contributed by atoms with Crippen LogP contribution in [0.15, 0.2) is 18.2 Å². The number of hydrogen-bond acceptors (Lipinski definition) is 2. The van der Waals surface area contributed by atoms with Crippen LogP contribution in [0.3, 0.4) is 0 Å². The highest BCUT2D eigenvalue weighted by atomic mass is 35.5. The van der Waals surface area contributed by atoms with E-state index in [2.05, 4.69) is 17.6 Å². The zero-order valence-electron chi connectivity index (χ0n) is 12.3. The summed E-state index contributed by atoms with van der Waals surface area (Å²) in [7, 11) is 0. The van der Waals surface area contributed by atoms with Gasteiger partial charge in [-0.05, 0) is 49.9 Å². The van der Waals surface area contributed by atoms with Gasteiger partial charge in [0.2, 0.25) is 5.91 Å². The van der Waals surface area contributed by atoms with Crippen LogP contribution < -0.4 is 10.6 Å². The molecular weight excluding hydrogens is 307 g/mol. The predicted octanol–water partition coefficient (Wildman–Crippen LogP) is 3.57. The lowest BCUT2D eigenvalue weighted by Gasteiger charge is -2.27. The lowest BCUT2D eigenvalue weighted by molar-refractivity contribution is -0.127. The summed E-state index contributed by atoms with van der Waals surface area (Å²) >= 11 is 12.0. The molecule has 1 fully saturated rings. The van der Waals surface area contributed by atoms with Gasteiger partial charge < -0.3 is 10.6 Å². The zero-order chi connectivity index (χ0) is 15.3. The van der Waals surface area contributed by atoms with Crippen molar-refractivity contribution >= 4 is 29.1 Å². The molecule has 1 atom stereocenters. The van der Waals surface area contributed by atoms with Crippen LogP contribution in [0.2, 0.25) is 10.0 Å². The summed E-state index contributed by atoms with van der Waals surface area (Å²) in [6.07, 6.45) is 4.60. The molecular formula is C16H22Cl2N2O. The smallest absolute Gasteiger partial charge is 0.240 e. The molecule has 0 saturated carbocycles. The molecule has 1 saturated heterocycles. The Morgan fingerprint density at radius 2 is 2.24 bits per heavy atom. The number of halogens is 2. The van der Waals surface area contributed by atoms with E-state index in [0.29, 0.717) is 23.0 Å². The Morgan fingerprint density at radius 1 is 1.43 bits per heavy atom. The van der Waals surface area contributed by atoms with Crippen molar-refractivity contribution in [1.29, 1.82) is 0 Å². The summed E-state index contributed by atoms with van der Waals surface area (Å²) in [5.41, 5.74) is 0.642. The molecule has 0 radical (unpaired) electrons. The van der Waals surface area contributed by atoms with Crippen LogP contribution in [0.25, 0.3) is 0 Å². The first-order valence-corrected chi connectivity index (χ1v) is 8.30. The standard InChI is InChI=1S/C16H22Cl2N2O/c1-2-7-16(8-3-9-20-16)15(21)19-10-6-12-4-5-13(17)11-14(12)18/h4-5,11,20H,2-3,6-10H2,1H3,(H,19,21). The molecule has 3 nitrogen and oxygen atoms in total. The van der Waals surface area contributed by atoms with Crippen molar-refractivity contribution in [3.63, 3.8) is 0 Å². The third-order valence-corrected chi connectivity index (χ3v) is 4.64. The normalized spacial score (nSPS) is 21.5. The summed E-state index contributed by atoms with van der Waals surface area (Å²) in [5, 5.41) is 7.71. The molecule has 2 N–H and O–H groups in total. The highest BCUT2D eigenvalue weighted by Crippen LogP contribution is 2.25. The van der Waals surface area contributed by atoms with Gasteiger partial charge in [0.1, 0.15) is 0 Å². The van der Waals surface area contributed by atoms with E-state index in [0.717, 1.165) is 37.8 Å². The summed E-state index contributed by atoms with van der Waals surface area (Å²) in [5.74, 6) is 0.118. The van der Waals surface area contributed by atoms with E-state index < -0.39 is 0 Å². The number of carbonyl (C=O) groups excluding carboxylic acids is 1. The second-order valence-electron chi connectivity index (χ2n) is 5.60. The molecule has 1 heterocycles. The van der Waals surface area contributed by atoms with E-state index in [1.807, 2.05) is 12.1 Å². The van der Waals surface area contributed by atoms with Crippen molar-refractivity contribution < 1.29 is 4.79 Å². The number of rotatable bonds is 6. The van der Waals surface area contributed by atoms with Crippen LogP contribution in [0, 0.1) is 0 Å². The van der Waals surface area contributed by atoms with Gasteiger partial charge in [0.25, 0.3) is 0 Å². The van der Waals surface area contributed by atoms with Gasteiger partial charge in [-0.2, -0.15) is 0 Å². The van der Waals surface area contributed by atoms with Crippen molar-refractivity contribution in [2.24, 2.45) is 0 Å². The molecule has 5 heteroatoms. The Labute approximate surface area is 136 Å². The average molecular weight is 329 g/mol.